The highest BCUT2D eigenvalue weighted by molar-refractivity contribution is 5.82. The van der Waals surface area contributed by atoms with Gasteiger partial charge in [-0.05, 0) is 31.5 Å². The Balaban J connectivity index is 2.99. The Hall–Kier alpha value is -1.55. The fourth-order valence-electron chi connectivity index (χ4n) is 1.23. The molecule has 1 aromatic carbocycles. The van der Waals surface area contributed by atoms with Gasteiger partial charge in [-0.15, -0.1) is 0 Å². The Morgan fingerprint density at radius 2 is 2.27 bits per heavy atom. The highest BCUT2D eigenvalue weighted by Gasteiger charge is 2.32. The molecule has 0 saturated carbocycles. The van der Waals surface area contributed by atoms with Crippen LogP contribution in [0, 0.1) is 0 Å². The summed E-state index contributed by atoms with van der Waals surface area (Å²) < 4.78 is 4.86. The number of ether oxygens (including phenoxy) is 1. The number of carbonyl (C=O) groups is 1. The van der Waals surface area contributed by atoms with Gasteiger partial charge in [-0.1, -0.05) is 12.1 Å². The van der Waals surface area contributed by atoms with E-state index in [1.807, 2.05) is 0 Å². The Kier molecular flexibility index (Phi) is 3.31. The summed E-state index contributed by atoms with van der Waals surface area (Å²) in [5, 5.41) is 9.28. The number of phenols is 1. The zero-order valence-corrected chi connectivity index (χ0v) is 8.86. The Morgan fingerprint density at radius 1 is 1.60 bits per heavy atom. The van der Waals surface area contributed by atoms with Crippen molar-refractivity contribution >= 4 is 5.97 Å². The molecule has 1 aromatic rings. The van der Waals surface area contributed by atoms with Crippen LogP contribution in [0.4, 0.5) is 0 Å². The Bertz CT molecular complexity index is 361. The number of aromatic hydroxyl groups is 1. The van der Waals surface area contributed by atoms with Crippen LogP contribution in [0.3, 0.4) is 0 Å². The van der Waals surface area contributed by atoms with Gasteiger partial charge in [0, 0.05) is 0 Å². The average Bonchev–Trinajstić information content (AvgIpc) is 2.18. The number of rotatable bonds is 3. The lowest BCUT2D eigenvalue weighted by atomic mass is 9.93. The Labute approximate surface area is 88.7 Å². The highest BCUT2D eigenvalue weighted by atomic mass is 16.5. The normalized spacial score (nSPS) is 14.3. The monoisotopic (exact) mass is 209 g/mol. The minimum absolute atomic E-state index is 0.0773. The molecule has 0 saturated heterocycles. The molecule has 0 spiro atoms. The quantitative estimate of drug-likeness (QED) is 0.732. The fraction of sp³-hybridized carbons (Fsp3) is 0.364. The number of esters is 1. The summed E-state index contributed by atoms with van der Waals surface area (Å²) in [6, 6.07) is 6.29. The van der Waals surface area contributed by atoms with E-state index in [1.165, 1.54) is 12.1 Å². The average molecular weight is 209 g/mol. The molecular weight excluding hydrogens is 194 g/mol. The van der Waals surface area contributed by atoms with Crippen LogP contribution in [0.15, 0.2) is 24.3 Å². The standard InChI is InChI=1S/C11H15NO3/c1-3-15-10(14)11(2,12)8-5-4-6-9(13)7-8/h4-7,13H,3,12H2,1-2H3. The van der Waals surface area contributed by atoms with E-state index in [4.69, 9.17) is 10.5 Å². The van der Waals surface area contributed by atoms with Gasteiger partial charge in [0.2, 0.25) is 0 Å². The van der Waals surface area contributed by atoms with Crippen LogP contribution in [0.25, 0.3) is 0 Å². The number of hydrogen-bond donors (Lipinski definition) is 2. The van der Waals surface area contributed by atoms with E-state index >= 15 is 0 Å². The van der Waals surface area contributed by atoms with Crippen molar-refractivity contribution < 1.29 is 14.6 Å². The van der Waals surface area contributed by atoms with Crippen molar-refractivity contribution in [1.82, 2.24) is 0 Å². The second kappa shape index (κ2) is 4.31. The predicted molar refractivity (Wildman–Crippen MR) is 56.3 cm³/mol. The fourth-order valence-corrected chi connectivity index (χ4v) is 1.23. The molecule has 4 nitrogen and oxygen atoms in total. The van der Waals surface area contributed by atoms with Crippen molar-refractivity contribution in [1.29, 1.82) is 0 Å². The summed E-state index contributed by atoms with van der Waals surface area (Å²) in [5.74, 6) is -0.427. The largest absolute Gasteiger partial charge is 0.508 e. The molecule has 3 N–H and O–H groups in total. The van der Waals surface area contributed by atoms with E-state index in [2.05, 4.69) is 0 Å². The van der Waals surface area contributed by atoms with Gasteiger partial charge in [0.1, 0.15) is 11.3 Å². The molecule has 15 heavy (non-hydrogen) atoms. The van der Waals surface area contributed by atoms with Crippen molar-refractivity contribution in [3.8, 4) is 5.75 Å². The summed E-state index contributed by atoms with van der Waals surface area (Å²) in [6.45, 7) is 3.56. The molecule has 0 aliphatic rings. The number of phenolic OH excluding ortho intramolecular Hbond substituents is 1. The van der Waals surface area contributed by atoms with E-state index in [-0.39, 0.29) is 12.4 Å². The number of carbonyl (C=O) groups excluding carboxylic acids is 1. The van der Waals surface area contributed by atoms with Gasteiger partial charge < -0.3 is 15.6 Å². The lowest BCUT2D eigenvalue weighted by Crippen LogP contribution is -2.43. The molecule has 4 heteroatoms. The second-order valence-corrected chi connectivity index (χ2v) is 3.47. The predicted octanol–water partition coefficient (Wildman–Crippen LogP) is 1.13. The third-order valence-electron chi connectivity index (χ3n) is 2.15. The molecule has 1 rings (SSSR count). The van der Waals surface area contributed by atoms with Crippen LogP contribution >= 0.6 is 0 Å². The molecule has 0 amide bonds. The van der Waals surface area contributed by atoms with E-state index in [9.17, 15) is 9.90 Å². The third kappa shape index (κ3) is 2.47. The summed E-state index contributed by atoms with van der Waals surface area (Å²) in [6.07, 6.45) is 0. The summed E-state index contributed by atoms with van der Waals surface area (Å²) >= 11 is 0. The van der Waals surface area contributed by atoms with Crippen LogP contribution < -0.4 is 5.73 Å². The number of hydrogen-bond acceptors (Lipinski definition) is 4. The van der Waals surface area contributed by atoms with Crippen LogP contribution in [0.2, 0.25) is 0 Å². The maximum absolute atomic E-state index is 11.5. The second-order valence-electron chi connectivity index (χ2n) is 3.47. The first-order valence-corrected chi connectivity index (χ1v) is 4.74. The van der Waals surface area contributed by atoms with Gasteiger partial charge in [0.15, 0.2) is 0 Å². The lowest BCUT2D eigenvalue weighted by molar-refractivity contribution is -0.149. The molecule has 0 aromatic heterocycles. The zero-order valence-electron chi connectivity index (χ0n) is 8.86. The molecular formula is C11H15NO3. The topological polar surface area (TPSA) is 72.5 Å². The molecule has 0 heterocycles. The maximum Gasteiger partial charge on any atom is 0.330 e. The molecule has 0 aliphatic carbocycles. The highest BCUT2D eigenvalue weighted by Crippen LogP contribution is 2.22. The van der Waals surface area contributed by atoms with Gasteiger partial charge in [0.05, 0.1) is 6.61 Å². The van der Waals surface area contributed by atoms with Crippen LogP contribution in [0.1, 0.15) is 19.4 Å². The van der Waals surface area contributed by atoms with Gasteiger partial charge in [-0.3, -0.25) is 0 Å². The van der Waals surface area contributed by atoms with Crippen molar-refractivity contribution in [3.63, 3.8) is 0 Å². The lowest BCUT2D eigenvalue weighted by Gasteiger charge is -2.22. The Morgan fingerprint density at radius 3 is 2.80 bits per heavy atom. The SMILES string of the molecule is CCOC(=O)C(C)(N)c1cccc(O)c1. The first-order chi connectivity index (χ1) is 6.98. The van der Waals surface area contributed by atoms with Gasteiger partial charge in [-0.25, -0.2) is 4.79 Å². The maximum atomic E-state index is 11.5. The van der Waals surface area contributed by atoms with E-state index in [0.717, 1.165) is 0 Å². The van der Waals surface area contributed by atoms with Gasteiger partial charge in [-0.2, -0.15) is 0 Å². The van der Waals surface area contributed by atoms with Crippen molar-refractivity contribution in [2.45, 2.75) is 19.4 Å². The first-order valence-electron chi connectivity index (χ1n) is 4.74. The molecule has 0 radical (unpaired) electrons. The van der Waals surface area contributed by atoms with E-state index in [1.54, 1.807) is 26.0 Å². The molecule has 0 fully saturated rings. The van der Waals surface area contributed by atoms with Gasteiger partial charge in [0.25, 0.3) is 0 Å². The number of nitrogens with two attached hydrogens (primary N) is 1. The minimum atomic E-state index is -1.23. The molecule has 1 unspecified atom stereocenters. The van der Waals surface area contributed by atoms with Crippen LogP contribution in [-0.4, -0.2) is 17.7 Å². The zero-order chi connectivity index (χ0) is 11.5. The van der Waals surface area contributed by atoms with Crippen molar-refractivity contribution in [2.24, 2.45) is 5.73 Å². The first kappa shape index (κ1) is 11.5. The van der Waals surface area contributed by atoms with Crippen molar-refractivity contribution in [3.05, 3.63) is 29.8 Å². The van der Waals surface area contributed by atoms with Crippen LogP contribution in [0.5, 0.6) is 5.75 Å². The van der Waals surface area contributed by atoms with E-state index in [0.29, 0.717) is 5.56 Å². The number of benzene rings is 1. The molecule has 82 valence electrons. The smallest absolute Gasteiger partial charge is 0.330 e. The molecule has 1 atom stereocenters. The third-order valence-corrected chi connectivity index (χ3v) is 2.15. The molecule has 0 bridgehead atoms. The molecule has 0 aliphatic heterocycles. The van der Waals surface area contributed by atoms with E-state index < -0.39 is 11.5 Å². The summed E-state index contributed by atoms with van der Waals surface area (Å²) in [7, 11) is 0. The van der Waals surface area contributed by atoms with Gasteiger partial charge >= 0.3 is 5.97 Å². The summed E-state index contributed by atoms with van der Waals surface area (Å²) in [5.41, 5.74) is 5.15. The van der Waals surface area contributed by atoms with Crippen LogP contribution in [-0.2, 0) is 15.1 Å². The minimum Gasteiger partial charge on any atom is -0.508 e. The summed E-state index contributed by atoms with van der Waals surface area (Å²) in [4.78, 5) is 11.5. The van der Waals surface area contributed by atoms with Crippen molar-refractivity contribution in [2.75, 3.05) is 6.61 Å².